The lowest BCUT2D eigenvalue weighted by Gasteiger charge is -2.21. The van der Waals surface area contributed by atoms with Gasteiger partial charge in [-0.3, -0.25) is 9.59 Å². The van der Waals surface area contributed by atoms with Crippen LogP contribution < -0.4 is 10.9 Å². The van der Waals surface area contributed by atoms with E-state index in [9.17, 15) is 9.59 Å². The van der Waals surface area contributed by atoms with Gasteiger partial charge in [0.05, 0.1) is 6.33 Å². The molecule has 0 aromatic carbocycles. The van der Waals surface area contributed by atoms with Crippen LogP contribution in [0.2, 0.25) is 0 Å². The first-order chi connectivity index (χ1) is 13.7. The molecule has 2 aromatic heterocycles. The molecule has 0 saturated carbocycles. The lowest BCUT2D eigenvalue weighted by Crippen LogP contribution is -2.36. The van der Waals surface area contributed by atoms with E-state index in [1.165, 1.54) is 18.4 Å². The number of carbonyl (C=O) groups is 1. The largest absolute Gasteiger partial charge is 0.352 e. The van der Waals surface area contributed by atoms with E-state index in [-0.39, 0.29) is 11.5 Å². The van der Waals surface area contributed by atoms with Crippen LogP contribution in [0.25, 0.3) is 0 Å². The van der Waals surface area contributed by atoms with Gasteiger partial charge in [-0.25, -0.2) is 4.98 Å². The van der Waals surface area contributed by atoms with E-state index < -0.39 is 0 Å². The number of rotatable bonds is 8. The summed E-state index contributed by atoms with van der Waals surface area (Å²) in [6.07, 6.45) is 14.8. The summed E-state index contributed by atoms with van der Waals surface area (Å²) in [4.78, 5) is 29.9. The van der Waals surface area contributed by atoms with Crippen LogP contribution in [0.15, 0.2) is 29.6 Å². The second kappa shape index (κ2) is 10.2. The van der Waals surface area contributed by atoms with Crippen LogP contribution in [-0.2, 0) is 25.9 Å². The van der Waals surface area contributed by atoms with Crippen LogP contribution in [0, 0.1) is 0 Å². The van der Waals surface area contributed by atoms with Crippen molar-refractivity contribution in [1.29, 1.82) is 0 Å². The standard InChI is InChI=1S/C22H32N4O2/c1-2-3-14-26-20-10-7-5-4-6-9-18(20)16-19(22(26)28)21(27)24-11-8-13-25-15-12-23-17-25/h12,15-17H,2-11,13-14H2,1H3,(H,24,27). The van der Waals surface area contributed by atoms with E-state index >= 15 is 0 Å². The molecule has 6 heteroatoms. The van der Waals surface area contributed by atoms with Crippen LogP contribution in [-0.4, -0.2) is 26.6 Å². The minimum Gasteiger partial charge on any atom is -0.352 e. The molecule has 1 aliphatic rings. The Morgan fingerprint density at radius 3 is 2.71 bits per heavy atom. The molecule has 6 nitrogen and oxygen atoms in total. The zero-order chi connectivity index (χ0) is 19.8. The Labute approximate surface area is 167 Å². The van der Waals surface area contributed by atoms with E-state index in [0.717, 1.165) is 57.2 Å². The predicted molar refractivity (Wildman–Crippen MR) is 111 cm³/mol. The molecule has 0 unspecified atom stereocenters. The van der Waals surface area contributed by atoms with E-state index in [4.69, 9.17) is 0 Å². The molecule has 0 aliphatic heterocycles. The number of amides is 1. The van der Waals surface area contributed by atoms with Gasteiger partial charge in [-0.15, -0.1) is 0 Å². The molecule has 1 N–H and O–H groups in total. The molecule has 1 aliphatic carbocycles. The molecule has 0 saturated heterocycles. The predicted octanol–water partition coefficient (Wildman–Crippen LogP) is 3.32. The highest BCUT2D eigenvalue weighted by atomic mass is 16.2. The fraction of sp³-hybridized carbons (Fsp3) is 0.591. The van der Waals surface area contributed by atoms with E-state index in [1.807, 2.05) is 21.4 Å². The molecular weight excluding hydrogens is 352 g/mol. The maximum absolute atomic E-state index is 13.1. The maximum Gasteiger partial charge on any atom is 0.263 e. The number of unbranched alkanes of at least 4 members (excludes halogenated alkanes) is 1. The van der Waals surface area contributed by atoms with Gasteiger partial charge in [0.2, 0.25) is 0 Å². The van der Waals surface area contributed by atoms with Gasteiger partial charge in [-0.1, -0.05) is 26.2 Å². The van der Waals surface area contributed by atoms with Gasteiger partial charge in [0.25, 0.3) is 11.5 Å². The average Bonchev–Trinajstić information content (AvgIpc) is 3.19. The number of carbonyl (C=O) groups excluding carboxylic acids is 1. The van der Waals surface area contributed by atoms with Crippen LogP contribution in [0.4, 0.5) is 0 Å². The SMILES string of the molecule is CCCCn1c2c(cc(C(=O)NCCCn3ccnc3)c1=O)CCCCCC2. The lowest BCUT2D eigenvalue weighted by molar-refractivity contribution is 0.0950. The second-order valence-corrected chi connectivity index (χ2v) is 7.66. The molecule has 0 spiro atoms. The molecule has 28 heavy (non-hydrogen) atoms. The topological polar surface area (TPSA) is 68.9 Å². The van der Waals surface area contributed by atoms with Gasteiger partial charge in [-0.05, 0) is 50.2 Å². The summed E-state index contributed by atoms with van der Waals surface area (Å²) in [5.41, 5.74) is 2.53. The quantitative estimate of drug-likeness (QED) is 0.710. The van der Waals surface area contributed by atoms with Crippen molar-refractivity contribution < 1.29 is 4.79 Å². The Hall–Kier alpha value is -2.37. The Balaban J connectivity index is 1.75. The van der Waals surface area contributed by atoms with Crippen LogP contribution >= 0.6 is 0 Å². The van der Waals surface area contributed by atoms with Crippen molar-refractivity contribution in [2.75, 3.05) is 6.54 Å². The number of nitrogens with zero attached hydrogens (tertiary/aromatic N) is 3. The number of imidazole rings is 1. The number of fused-ring (bicyclic) bond motifs is 1. The van der Waals surface area contributed by atoms with Crippen LogP contribution in [0.3, 0.4) is 0 Å². The number of hydrogen-bond acceptors (Lipinski definition) is 3. The molecule has 2 aromatic rings. The van der Waals surface area contributed by atoms with Crippen molar-refractivity contribution in [2.24, 2.45) is 0 Å². The van der Waals surface area contributed by atoms with Crippen molar-refractivity contribution in [3.63, 3.8) is 0 Å². The normalized spacial score (nSPS) is 14.2. The highest BCUT2D eigenvalue weighted by Gasteiger charge is 2.19. The highest BCUT2D eigenvalue weighted by Crippen LogP contribution is 2.20. The smallest absolute Gasteiger partial charge is 0.263 e. The summed E-state index contributed by atoms with van der Waals surface area (Å²) < 4.78 is 3.87. The van der Waals surface area contributed by atoms with Crippen molar-refractivity contribution in [3.8, 4) is 0 Å². The molecule has 0 fully saturated rings. The Bertz CT molecular complexity index is 824. The second-order valence-electron chi connectivity index (χ2n) is 7.66. The van der Waals surface area contributed by atoms with Gasteiger partial charge in [-0.2, -0.15) is 0 Å². The Morgan fingerprint density at radius 2 is 1.96 bits per heavy atom. The maximum atomic E-state index is 13.1. The average molecular weight is 385 g/mol. The number of aromatic nitrogens is 3. The van der Waals surface area contributed by atoms with Gasteiger partial charge >= 0.3 is 0 Å². The van der Waals surface area contributed by atoms with Crippen LogP contribution in [0.1, 0.15) is 73.5 Å². The summed E-state index contributed by atoms with van der Waals surface area (Å²) in [7, 11) is 0. The van der Waals surface area contributed by atoms with E-state index in [0.29, 0.717) is 18.7 Å². The number of nitrogens with one attached hydrogen (secondary N) is 1. The summed E-state index contributed by atoms with van der Waals surface area (Å²) in [6.45, 7) is 4.18. The molecule has 0 atom stereocenters. The fourth-order valence-corrected chi connectivity index (χ4v) is 3.93. The molecule has 0 radical (unpaired) electrons. The number of hydrogen-bond donors (Lipinski definition) is 1. The molecule has 3 rings (SSSR count). The molecule has 2 heterocycles. The van der Waals surface area contributed by atoms with Crippen LogP contribution in [0.5, 0.6) is 0 Å². The zero-order valence-electron chi connectivity index (χ0n) is 17.0. The first-order valence-corrected chi connectivity index (χ1v) is 10.7. The van der Waals surface area contributed by atoms with E-state index in [1.54, 1.807) is 12.5 Å². The third-order valence-electron chi connectivity index (χ3n) is 5.52. The third kappa shape index (κ3) is 5.12. The third-order valence-corrected chi connectivity index (χ3v) is 5.52. The summed E-state index contributed by atoms with van der Waals surface area (Å²) in [5, 5.41) is 2.93. The number of pyridine rings is 1. The van der Waals surface area contributed by atoms with E-state index in [2.05, 4.69) is 17.2 Å². The van der Waals surface area contributed by atoms with Gasteiger partial charge in [0.1, 0.15) is 5.56 Å². The first-order valence-electron chi connectivity index (χ1n) is 10.7. The van der Waals surface area contributed by atoms with Gasteiger partial charge in [0.15, 0.2) is 0 Å². The van der Waals surface area contributed by atoms with Crippen molar-refractivity contribution >= 4 is 5.91 Å². The van der Waals surface area contributed by atoms with Crippen molar-refractivity contribution in [3.05, 3.63) is 52.0 Å². The van der Waals surface area contributed by atoms with Crippen molar-refractivity contribution in [1.82, 2.24) is 19.4 Å². The molecular formula is C22H32N4O2. The Kier molecular flexibility index (Phi) is 7.46. The monoisotopic (exact) mass is 384 g/mol. The highest BCUT2D eigenvalue weighted by molar-refractivity contribution is 5.94. The summed E-state index contributed by atoms with van der Waals surface area (Å²) >= 11 is 0. The van der Waals surface area contributed by atoms with Gasteiger partial charge in [0, 0.05) is 37.7 Å². The van der Waals surface area contributed by atoms with Crippen molar-refractivity contribution in [2.45, 2.75) is 77.8 Å². The zero-order valence-corrected chi connectivity index (χ0v) is 17.0. The summed E-state index contributed by atoms with van der Waals surface area (Å²) in [5.74, 6) is -0.245. The van der Waals surface area contributed by atoms with Gasteiger partial charge < -0.3 is 14.5 Å². The number of aryl methyl sites for hydroxylation is 2. The molecule has 152 valence electrons. The summed E-state index contributed by atoms with van der Waals surface area (Å²) in [6, 6.07) is 1.87. The molecule has 1 amide bonds. The first kappa shape index (κ1) is 20.4. The minimum absolute atomic E-state index is 0.125. The fourth-order valence-electron chi connectivity index (χ4n) is 3.93. The minimum atomic E-state index is -0.245. The molecule has 0 bridgehead atoms. The Morgan fingerprint density at radius 1 is 1.14 bits per heavy atom. The lowest BCUT2D eigenvalue weighted by atomic mass is 9.95.